The van der Waals surface area contributed by atoms with Gasteiger partial charge in [-0.15, -0.1) is 5.10 Å². The van der Waals surface area contributed by atoms with Crippen LogP contribution in [0.1, 0.15) is 11.4 Å². The van der Waals surface area contributed by atoms with Gasteiger partial charge in [-0.05, 0) is 35.4 Å². The summed E-state index contributed by atoms with van der Waals surface area (Å²) in [4.78, 5) is 14.3. The van der Waals surface area contributed by atoms with Gasteiger partial charge in [0.1, 0.15) is 5.82 Å². The van der Waals surface area contributed by atoms with Gasteiger partial charge in [-0.3, -0.25) is 15.2 Å². The van der Waals surface area contributed by atoms with Gasteiger partial charge >= 0.3 is 0 Å². The quantitative estimate of drug-likeness (QED) is 0.539. The number of halogens is 2. The molecule has 1 heterocycles. The Kier molecular flexibility index (Phi) is 4.37. The van der Waals surface area contributed by atoms with Crippen molar-refractivity contribution in [3.63, 3.8) is 0 Å². The van der Waals surface area contributed by atoms with Gasteiger partial charge in [0, 0.05) is 24.1 Å². The highest BCUT2D eigenvalue weighted by Crippen LogP contribution is 2.36. The van der Waals surface area contributed by atoms with Crippen molar-refractivity contribution < 1.29 is 4.92 Å². The van der Waals surface area contributed by atoms with Crippen molar-refractivity contribution in [2.45, 2.75) is 6.42 Å². The van der Waals surface area contributed by atoms with E-state index in [4.69, 9.17) is 28.9 Å². The SMILES string of the molecule is Nc1n[nH]c(Cc2cc(Cl)c(-c3ccc([N+](=O)[O-])cc3)c(Cl)c2)n1. The van der Waals surface area contributed by atoms with Gasteiger partial charge in [-0.1, -0.05) is 23.2 Å². The lowest BCUT2D eigenvalue weighted by Gasteiger charge is -2.10. The Balaban J connectivity index is 1.93. The molecule has 0 amide bonds. The number of nitrogens with zero attached hydrogens (tertiary/aromatic N) is 3. The Morgan fingerprint density at radius 3 is 2.29 bits per heavy atom. The summed E-state index contributed by atoms with van der Waals surface area (Å²) >= 11 is 12.7. The van der Waals surface area contributed by atoms with Crippen LogP contribution in [0.5, 0.6) is 0 Å². The highest BCUT2D eigenvalue weighted by Gasteiger charge is 2.13. The number of rotatable bonds is 4. The molecule has 0 fully saturated rings. The molecule has 0 aliphatic heterocycles. The van der Waals surface area contributed by atoms with Crippen molar-refractivity contribution in [2.24, 2.45) is 0 Å². The average molecular weight is 364 g/mol. The van der Waals surface area contributed by atoms with E-state index in [1.807, 2.05) is 0 Å². The number of aromatic nitrogens is 3. The van der Waals surface area contributed by atoms with Gasteiger partial charge in [0.25, 0.3) is 5.69 Å². The lowest BCUT2D eigenvalue weighted by atomic mass is 10.0. The molecular formula is C15H11Cl2N5O2. The average Bonchev–Trinajstić information content (AvgIpc) is 2.92. The lowest BCUT2D eigenvalue weighted by Crippen LogP contribution is -1.94. The minimum atomic E-state index is -0.459. The number of nitrogens with one attached hydrogen (secondary N) is 1. The fraction of sp³-hybridized carbons (Fsp3) is 0.0667. The Morgan fingerprint density at radius 2 is 1.79 bits per heavy atom. The number of benzene rings is 2. The van der Waals surface area contributed by atoms with Crippen molar-refractivity contribution in [3.05, 3.63) is 67.9 Å². The predicted octanol–water partition coefficient (Wildman–Crippen LogP) is 3.86. The first kappa shape index (κ1) is 16.2. The number of nitro groups is 1. The first-order chi connectivity index (χ1) is 11.4. The fourth-order valence-electron chi connectivity index (χ4n) is 2.34. The molecule has 9 heteroatoms. The minimum Gasteiger partial charge on any atom is -0.367 e. The molecule has 0 aliphatic rings. The zero-order valence-electron chi connectivity index (χ0n) is 12.2. The van der Waals surface area contributed by atoms with E-state index in [9.17, 15) is 10.1 Å². The molecule has 0 saturated heterocycles. The molecule has 122 valence electrons. The van der Waals surface area contributed by atoms with Crippen LogP contribution in [0.4, 0.5) is 11.6 Å². The number of non-ortho nitro benzene ring substituents is 1. The molecular weight excluding hydrogens is 353 g/mol. The van der Waals surface area contributed by atoms with Crippen LogP contribution in [0.2, 0.25) is 10.0 Å². The monoisotopic (exact) mass is 363 g/mol. The molecule has 0 bridgehead atoms. The summed E-state index contributed by atoms with van der Waals surface area (Å²) in [5, 5.41) is 18.1. The van der Waals surface area contributed by atoms with E-state index in [2.05, 4.69) is 15.2 Å². The van der Waals surface area contributed by atoms with Gasteiger partial charge in [-0.2, -0.15) is 4.98 Å². The molecule has 0 atom stereocenters. The van der Waals surface area contributed by atoms with E-state index in [0.717, 1.165) is 5.56 Å². The maximum absolute atomic E-state index is 10.7. The maximum Gasteiger partial charge on any atom is 0.269 e. The standard InChI is InChI=1S/C15H11Cl2N5O2/c16-11-5-8(7-13-19-15(18)21-20-13)6-12(17)14(11)9-1-3-10(4-2-9)22(23)24/h1-6H,7H2,(H3,18,19,20,21). The Morgan fingerprint density at radius 1 is 1.17 bits per heavy atom. The first-order valence-electron chi connectivity index (χ1n) is 6.83. The summed E-state index contributed by atoms with van der Waals surface area (Å²) in [5.41, 5.74) is 7.64. The molecule has 3 rings (SSSR count). The van der Waals surface area contributed by atoms with Gasteiger partial charge < -0.3 is 5.73 Å². The molecule has 2 aromatic carbocycles. The molecule has 0 spiro atoms. The number of nitrogen functional groups attached to an aromatic ring is 1. The normalized spacial score (nSPS) is 10.8. The summed E-state index contributed by atoms with van der Waals surface area (Å²) in [5.74, 6) is 0.771. The second-order valence-electron chi connectivity index (χ2n) is 5.06. The van der Waals surface area contributed by atoms with Crippen LogP contribution in [0, 0.1) is 10.1 Å². The molecule has 3 N–H and O–H groups in total. The zero-order valence-corrected chi connectivity index (χ0v) is 13.7. The lowest BCUT2D eigenvalue weighted by molar-refractivity contribution is -0.384. The van der Waals surface area contributed by atoms with Crippen molar-refractivity contribution in [1.82, 2.24) is 15.2 Å². The molecule has 7 nitrogen and oxygen atoms in total. The van der Waals surface area contributed by atoms with E-state index in [-0.39, 0.29) is 11.6 Å². The third-order valence-corrected chi connectivity index (χ3v) is 3.99. The fourth-order valence-corrected chi connectivity index (χ4v) is 3.09. The Labute approximate surface area is 146 Å². The predicted molar refractivity (Wildman–Crippen MR) is 92.2 cm³/mol. The van der Waals surface area contributed by atoms with Crippen molar-refractivity contribution in [2.75, 3.05) is 5.73 Å². The summed E-state index contributed by atoms with van der Waals surface area (Å²) < 4.78 is 0. The third-order valence-electron chi connectivity index (χ3n) is 3.39. The van der Waals surface area contributed by atoms with Gasteiger partial charge in [-0.25, -0.2) is 0 Å². The van der Waals surface area contributed by atoms with Crippen molar-refractivity contribution in [3.8, 4) is 11.1 Å². The van der Waals surface area contributed by atoms with Crippen molar-refractivity contribution in [1.29, 1.82) is 0 Å². The van der Waals surface area contributed by atoms with Crippen LogP contribution in [-0.4, -0.2) is 20.1 Å². The molecule has 0 aliphatic carbocycles. The summed E-state index contributed by atoms with van der Waals surface area (Å²) in [7, 11) is 0. The largest absolute Gasteiger partial charge is 0.367 e. The van der Waals surface area contributed by atoms with Gasteiger partial charge in [0.2, 0.25) is 5.95 Å². The zero-order chi connectivity index (χ0) is 17.3. The van der Waals surface area contributed by atoms with E-state index in [1.165, 1.54) is 12.1 Å². The number of aromatic amines is 1. The van der Waals surface area contributed by atoms with Gasteiger partial charge in [0.05, 0.1) is 15.0 Å². The smallest absolute Gasteiger partial charge is 0.269 e. The number of nitrogens with two attached hydrogens (primary N) is 1. The van der Waals surface area contributed by atoms with Crippen LogP contribution in [-0.2, 0) is 6.42 Å². The van der Waals surface area contributed by atoms with E-state index in [1.54, 1.807) is 24.3 Å². The molecule has 0 unspecified atom stereocenters. The number of H-pyrrole nitrogens is 1. The van der Waals surface area contributed by atoms with Crippen LogP contribution in [0.25, 0.3) is 11.1 Å². The molecule has 3 aromatic rings. The second-order valence-corrected chi connectivity index (χ2v) is 5.87. The summed E-state index contributed by atoms with van der Waals surface area (Å²) in [6.07, 6.45) is 0.449. The maximum atomic E-state index is 10.7. The number of hydrogen-bond donors (Lipinski definition) is 2. The number of hydrogen-bond acceptors (Lipinski definition) is 5. The summed E-state index contributed by atoms with van der Waals surface area (Å²) in [6.45, 7) is 0. The van der Waals surface area contributed by atoms with E-state index >= 15 is 0 Å². The Hall–Kier alpha value is -2.64. The van der Waals surface area contributed by atoms with Crippen LogP contribution in [0.15, 0.2) is 36.4 Å². The molecule has 0 radical (unpaired) electrons. The first-order valence-corrected chi connectivity index (χ1v) is 7.59. The summed E-state index contributed by atoms with van der Waals surface area (Å²) in [6, 6.07) is 9.58. The topological polar surface area (TPSA) is 111 Å². The second kappa shape index (κ2) is 6.46. The van der Waals surface area contributed by atoms with Crippen LogP contribution in [0.3, 0.4) is 0 Å². The molecule has 24 heavy (non-hydrogen) atoms. The number of nitro benzene ring substituents is 1. The minimum absolute atomic E-state index is 0.00511. The highest BCUT2D eigenvalue weighted by atomic mass is 35.5. The van der Waals surface area contributed by atoms with Crippen molar-refractivity contribution >= 4 is 34.8 Å². The third kappa shape index (κ3) is 3.32. The van der Waals surface area contributed by atoms with Gasteiger partial charge in [0.15, 0.2) is 0 Å². The van der Waals surface area contributed by atoms with Crippen LogP contribution >= 0.6 is 23.2 Å². The Bertz CT molecular complexity index is 885. The van der Waals surface area contributed by atoms with E-state index < -0.39 is 4.92 Å². The highest BCUT2D eigenvalue weighted by molar-refractivity contribution is 6.39. The van der Waals surface area contributed by atoms with Crippen LogP contribution < -0.4 is 5.73 Å². The molecule has 0 saturated carbocycles. The molecule has 1 aromatic heterocycles. The van der Waals surface area contributed by atoms with E-state index in [0.29, 0.717) is 33.4 Å². The number of anilines is 1.